The fourth-order valence-corrected chi connectivity index (χ4v) is 2.64. The Morgan fingerprint density at radius 2 is 1.91 bits per heavy atom. The molecule has 0 amide bonds. The second-order valence-corrected chi connectivity index (χ2v) is 5.29. The average Bonchev–Trinajstić information content (AvgIpc) is 2.53. The van der Waals surface area contributed by atoms with Gasteiger partial charge in [-0.05, 0) is 29.3 Å². The second-order valence-electron chi connectivity index (χ2n) is 5.29. The van der Waals surface area contributed by atoms with Gasteiger partial charge >= 0.3 is 0 Å². The molecule has 2 aromatic rings. The van der Waals surface area contributed by atoms with Gasteiger partial charge in [0.05, 0.1) is 0 Å². The molecular weight excluding hydrogens is 283 g/mol. The molecule has 0 unspecified atom stereocenters. The largest absolute Gasteiger partial charge is 0.372 e. The highest BCUT2D eigenvalue weighted by Crippen LogP contribution is 2.26. The highest BCUT2D eigenvalue weighted by molar-refractivity contribution is 5.58. The highest BCUT2D eigenvalue weighted by atomic mass is 19.1. The predicted octanol–water partition coefficient (Wildman–Crippen LogP) is 3.52. The molecule has 5 heteroatoms. The topological polar surface area (TPSA) is 55.2 Å². The summed E-state index contributed by atoms with van der Waals surface area (Å²) in [5.41, 5.74) is 2.69. The van der Waals surface area contributed by atoms with Crippen molar-refractivity contribution < 1.29 is 9.31 Å². The van der Waals surface area contributed by atoms with Gasteiger partial charge in [-0.25, -0.2) is 4.39 Å². The van der Waals surface area contributed by atoms with E-state index in [1.165, 1.54) is 12.1 Å². The SMILES string of the molecule is O=[N+]([O-])[C@H]1Cc2ccccc2N[C@H]1/C=C/c1ccc(F)cc1. The molecule has 4 nitrogen and oxygen atoms in total. The van der Waals surface area contributed by atoms with Crippen LogP contribution in [0.4, 0.5) is 10.1 Å². The molecule has 1 aliphatic heterocycles. The summed E-state index contributed by atoms with van der Waals surface area (Å²) >= 11 is 0. The maximum absolute atomic E-state index is 12.9. The Morgan fingerprint density at radius 1 is 1.18 bits per heavy atom. The number of anilines is 1. The highest BCUT2D eigenvalue weighted by Gasteiger charge is 2.34. The standard InChI is InChI=1S/C17H15FN2O2/c18-14-8-5-12(6-9-14)7-10-16-17(20(21)22)11-13-3-1-2-4-15(13)19-16/h1-10,16-17,19H,11H2/b10-7+/t16-,17-/m0/s1. The Kier molecular flexibility index (Phi) is 3.87. The van der Waals surface area contributed by atoms with Crippen LogP contribution >= 0.6 is 0 Å². The molecule has 0 aliphatic carbocycles. The van der Waals surface area contributed by atoms with Crippen molar-refractivity contribution >= 4 is 11.8 Å². The zero-order chi connectivity index (χ0) is 15.5. The lowest BCUT2D eigenvalue weighted by Gasteiger charge is -2.27. The lowest BCUT2D eigenvalue weighted by atomic mass is 9.93. The first-order valence-corrected chi connectivity index (χ1v) is 7.05. The number of fused-ring (bicyclic) bond motifs is 1. The van der Waals surface area contributed by atoms with Crippen LogP contribution in [0.5, 0.6) is 0 Å². The maximum Gasteiger partial charge on any atom is 0.240 e. The summed E-state index contributed by atoms with van der Waals surface area (Å²) in [5.74, 6) is -0.301. The molecule has 0 saturated heterocycles. The Morgan fingerprint density at radius 3 is 2.64 bits per heavy atom. The van der Waals surface area contributed by atoms with E-state index in [1.54, 1.807) is 24.3 Å². The van der Waals surface area contributed by atoms with E-state index in [9.17, 15) is 14.5 Å². The van der Waals surface area contributed by atoms with E-state index in [2.05, 4.69) is 5.32 Å². The molecule has 0 radical (unpaired) electrons. The Hall–Kier alpha value is -2.69. The fourth-order valence-electron chi connectivity index (χ4n) is 2.64. The van der Waals surface area contributed by atoms with Crippen LogP contribution in [0.25, 0.3) is 6.08 Å². The summed E-state index contributed by atoms with van der Waals surface area (Å²) in [6.45, 7) is 0. The van der Waals surface area contributed by atoms with Crippen LogP contribution in [0.1, 0.15) is 11.1 Å². The van der Waals surface area contributed by atoms with E-state index in [0.717, 1.165) is 16.8 Å². The van der Waals surface area contributed by atoms with Crippen molar-refractivity contribution in [2.75, 3.05) is 5.32 Å². The van der Waals surface area contributed by atoms with Crippen molar-refractivity contribution in [2.24, 2.45) is 0 Å². The van der Waals surface area contributed by atoms with Crippen LogP contribution in [-0.2, 0) is 6.42 Å². The maximum atomic E-state index is 12.9. The number of benzene rings is 2. The van der Waals surface area contributed by atoms with E-state index >= 15 is 0 Å². The normalized spacial score (nSPS) is 20.4. The molecule has 0 aromatic heterocycles. The number of nitrogens with zero attached hydrogens (tertiary/aromatic N) is 1. The van der Waals surface area contributed by atoms with E-state index in [-0.39, 0.29) is 10.7 Å². The van der Waals surface area contributed by atoms with Crippen molar-refractivity contribution in [1.29, 1.82) is 0 Å². The van der Waals surface area contributed by atoms with Gasteiger partial charge in [-0.3, -0.25) is 10.1 Å². The summed E-state index contributed by atoms with van der Waals surface area (Å²) in [7, 11) is 0. The molecule has 2 atom stereocenters. The van der Waals surface area contributed by atoms with Crippen LogP contribution in [0.15, 0.2) is 54.6 Å². The van der Waals surface area contributed by atoms with Gasteiger partial charge in [0.15, 0.2) is 0 Å². The van der Waals surface area contributed by atoms with Crippen molar-refractivity contribution in [3.63, 3.8) is 0 Å². The quantitative estimate of drug-likeness (QED) is 0.696. The zero-order valence-electron chi connectivity index (χ0n) is 11.8. The first-order chi connectivity index (χ1) is 10.6. The number of para-hydroxylation sites is 1. The Labute approximate surface area is 127 Å². The summed E-state index contributed by atoms with van der Waals surface area (Å²) in [4.78, 5) is 11.1. The monoisotopic (exact) mass is 298 g/mol. The van der Waals surface area contributed by atoms with Crippen LogP contribution < -0.4 is 5.32 Å². The third-order valence-corrected chi connectivity index (χ3v) is 3.82. The minimum atomic E-state index is -0.716. The van der Waals surface area contributed by atoms with Crippen LogP contribution in [0, 0.1) is 15.9 Å². The number of rotatable bonds is 3. The number of hydrogen-bond acceptors (Lipinski definition) is 3. The molecule has 0 spiro atoms. The van der Waals surface area contributed by atoms with Crippen molar-refractivity contribution in [1.82, 2.24) is 0 Å². The first-order valence-electron chi connectivity index (χ1n) is 7.05. The van der Waals surface area contributed by atoms with Crippen molar-refractivity contribution in [3.05, 3.63) is 81.7 Å². The average molecular weight is 298 g/mol. The van der Waals surface area contributed by atoms with Gasteiger partial charge in [-0.1, -0.05) is 42.5 Å². The minimum absolute atomic E-state index is 0.247. The van der Waals surface area contributed by atoms with Gasteiger partial charge in [0.1, 0.15) is 11.9 Å². The summed E-state index contributed by atoms with van der Waals surface area (Å²) in [6, 6.07) is 12.5. The third-order valence-electron chi connectivity index (χ3n) is 3.82. The fraction of sp³-hybridized carbons (Fsp3) is 0.176. The second kappa shape index (κ2) is 5.97. The van der Waals surface area contributed by atoms with E-state index in [4.69, 9.17) is 0 Å². The lowest BCUT2D eigenvalue weighted by Crippen LogP contribution is -2.43. The van der Waals surface area contributed by atoms with E-state index < -0.39 is 12.1 Å². The molecule has 22 heavy (non-hydrogen) atoms. The van der Waals surface area contributed by atoms with Gasteiger partial charge in [-0.2, -0.15) is 0 Å². The molecule has 1 aliphatic rings. The van der Waals surface area contributed by atoms with E-state index in [0.29, 0.717) is 6.42 Å². The number of halogens is 1. The molecule has 1 N–H and O–H groups in total. The van der Waals surface area contributed by atoms with Crippen LogP contribution in [0.2, 0.25) is 0 Å². The van der Waals surface area contributed by atoms with Gasteiger partial charge in [-0.15, -0.1) is 0 Å². The molecule has 1 heterocycles. The van der Waals surface area contributed by atoms with Gasteiger partial charge in [0.25, 0.3) is 0 Å². The van der Waals surface area contributed by atoms with Crippen LogP contribution in [-0.4, -0.2) is 17.0 Å². The molecular formula is C17H15FN2O2. The minimum Gasteiger partial charge on any atom is -0.372 e. The Balaban J connectivity index is 1.84. The zero-order valence-corrected chi connectivity index (χ0v) is 11.8. The number of nitrogens with one attached hydrogen (secondary N) is 1. The third kappa shape index (κ3) is 2.98. The first kappa shape index (κ1) is 14.3. The Bertz CT molecular complexity index is 713. The molecule has 112 valence electrons. The van der Waals surface area contributed by atoms with Gasteiger partial charge < -0.3 is 5.32 Å². The predicted molar refractivity (Wildman–Crippen MR) is 83.8 cm³/mol. The van der Waals surface area contributed by atoms with Crippen molar-refractivity contribution in [2.45, 2.75) is 18.5 Å². The van der Waals surface area contributed by atoms with Gasteiger partial charge in [0.2, 0.25) is 6.04 Å². The summed E-state index contributed by atoms with van der Waals surface area (Å²) in [5, 5.41) is 14.5. The smallest absolute Gasteiger partial charge is 0.240 e. The summed E-state index contributed by atoms with van der Waals surface area (Å²) in [6.07, 6.45) is 3.95. The number of nitro groups is 1. The molecule has 0 bridgehead atoms. The molecule has 2 aromatic carbocycles. The molecule has 0 saturated carbocycles. The van der Waals surface area contributed by atoms with Crippen molar-refractivity contribution in [3.8, 4) is 0 Å². The molecule has 0 fully saturated rings. The molecule has 3 rings (SSSR count). The summed E-state index contributed by atoms with van der Waals surface area (Å²) < 4.78 is 12.9. The lowest BCUT2D eigenvalue weighted by molar-refractivity contribution is -0.522. The van der Waals surface area contributed by atoms with Crippen LogP contribution in [0.3, 0.4) is 0 Å². The van der Waals surface area contributed by atoms with Gasteiger partial charge in [0, 0.05) is 17.0 Å². The number of hydrogen-bond donors (Lipinski definition) is 1. The van der Waals surface area contributed by atoms with E-state index in [1.807, 2.05) is 24.3 Å².